The maximum Gasteiger partial charge on any atom is 0.139 e. The number of hydrogen-bond donors (Lipinski definition) is 0. The summed E-state index contributed by atoms with van der Waals surface area (Å²) >= 11 is 0. The van der Waals surface area contributed by atoms with Gasteiger partial charge in [-0.1, -0.05) is 35.5 Å². The van der Waals surface area contributed by atoms with Gasteiger partial charge >= 0.3 is 0 Å². The summed E-state index contributed by atoms with van der Waals surface area (Å²) < 4.78 is 10.3. The van der Waals surface area contributed by atoms with E-state index >= 15 is 0 Å². The zero-order chi connectivity index (χ0) is 8.81. The van der Waals surface area contributed by atoms with Gasteiger partial charge in [0.05, 0.1) is 0 Å². The average molecular weight is 214 g/mol. The molecule has 2 nitrogen and oxygen atoms in total. The van der Waals surface area contributed by atoms with E-state index in [0.29, 0.717) is 0 Å². The lowest BCUT2D eigenvalue weighted by Gasteiger charge is -2.12. The summed E-state index contributed by atoms with van der Waals surface area (Å²) in [5.41, 5.74) is 0. The highest BCUT2D eigenvalue weighted by molar-refractivity contribution is 6.54. The molecule has 0 spiro atoms. The summed E-state index contributed by atoms with van der Waals surface area (Å²) in [6.45, 7) is 0. The first-order valence-corrected chi connectivity index (χ1v) is 5.48. The summed E-state index contributed by atoms with van der Waals surface area (Å²) in [6, 6.07) is 10.4. The predicted octanol–water partition coefficient (Wildman–Crippen LogP) is -1.39. The topological polar surface area (TPSA) is 18.5 Å². The molecule has 0 aliphatic carbocycles. The second-order valence-corrected chi connectivity index (χ2v) is 4.48. The van der Waals surface area contributed by atoms with Crippen molar-refractivity contribution in [1.82, 2.24) is 0 Å². The molecule has 0 saturated heterocycles. The molecule has 0 fully saturated rings. The second-order valence-electron chi connectivity index (χ2n) is 2.59. The first-order valence-electron chi connectivity index (χ1n) is 3.96. The zero-order valence-corrected chi connectivity index (χ0v) is 8.90. The van der Waals surface area contributed by atoms with Crippen LogP contribution in [0.15, 0.2) is 30.3 Å². The molecule has 0 radical (unpaired) electrons. The Kier molecular flexibility index (Phi) is 6.79. The molecular weight excluding hydrogens is 196 g/mol. The second kappa shape index (κ2) is 7.02. The highest BCUT2D eigenvalue weighted by atomic mass is 28.2. The smallest absolute Gasteiger partial charge is 0.139 e. The molecule has 0 aliphatic rings. The van der Waals surface area contributed by atoms with Crippen molar-refractivity contribution >= 4 is 25.7 Å². The number of ether oxygens (including phenoxy) is 2. The summed E-state index contributed by atoms with van der Waals surface area (Å²) in [4.78, 5) is 0. The highest BCUT2D eigenvalue weighted by Gasteiger charge is 2.05. The number of hydrogen-bond acceptors (Lipinski definition) is 2. The fraction of sp³-hybridized carbons (Fsp3) is 0.333. The van der Waals surface area contributed by atoms with E-state index in [1.807, 2.05) is 18.2 Å². The van der Waals surface area contributed by atoms with E-state index in [9.17, 15) is 0 Å². The minimum absolute atomic E-state index is 0. The Morgan fingerprint density at radius 2 is 1.62 bits per heavy atom. The van der Waals surface area contributed by atoms with Crippen molar-refractivity contribution in [2.75, 3.05) is 14.2 Å². The molecule has 1 rings (SSSR count). The third-order valence-electron chi connectivity index (χ3n) is 1.77. The molecule has 0 amide bonds. The lowest BCUT2D eigenvalue weighted by Crippen LogP contribution is -2.30. The number of methoxy groups -OCH3 is 2. The van der Waals surface area contributed by atoms with Gasteiger partial charge in [0.15, 0.2) is 0 Å². The Bertz CT molecular complexity index is 212. The van der Waals surface area contributed by atoms with Gasteiger partial charge in [0.25, 0.3) is 0 Å². The Morgan fingerprint density at radius 1 is 1.08 bits per heavy atom. The van der Waals surface area contributed by atoms with E-state index in [4.69, 9.17) is 9.47 Å². The molecular formula is C9H18O2Si2. The molecule has 0 N–H and O–H groups in total. The number of benzene rings is 1. The summed E-state index contributed by atoms with van der Waals surface area (Å²) in [6.07, 6.45) is 0. The Labute approximate surface area is 86.1 Å². The third kappa shape index (κ3) is 4.37. The Balaban J connectivity index is 0.00000144. The molecule has 4 heteroatoms. The Morgan fingerprint density at radius 3 is 2.08 bits per heavy atom. The van der Waals surface area contributed by atoms with Crippen LogP contribution in [-0.2, 0) is 9.47 Å². The van der Waals surface area contributed by atoms with Crippen molar-refractivity contribution in [3.63, 3.8) is 0 Å². The van der Waals surface area contributed by atoms with Crippen LogP contribution in [0.3, 0.4) is 0 Å². The molecule has 0 saturated carbocycles. The minimum Gasteiger partial charge on any atom is -0.360 e. The maximum absolute atomic E-state index is 5.14. The summed E-state index contributed by atoms with van der Waals surface area (Å²) in [5, 5.41) is 1.37. The van der Waals surface area contributed by atoms with Gasteiger partial charge in [-0.15, -0.1) is 0 Å². The van der Waals surface area contributed by atoms with Crippen molar-refractivity contribution in [2.24, 2.45) is 0 Å². The van der Waals surface area contributed by atoms with Crippen molar-refractivity contribution in [3.8, 4) is 0 Å². The van der Waals surface area contributed by atoms with Gasteiger partial charge in [0.1, 0.15) is 15.4 Å². The highest BCUT2D eigenvalue weighted by Crippen LogP contribution is 1.89. The van der Waals surface area contributed by atoms with E-state index in [0.717, 1.165) is 0 Å². The van der Waals surface area contributed by atoms with Crippen molar-refractivity contribution in [1.29, 1.82) is 0 Å². The molecule has 0 unspecified atom stereocenters. The van der Waals surface area contributed by atoms with Gasteiger partial charge in [0, 0.05) is 14.2 Å². The molecule has 0 bridgehead atoms. The minimum atomic E-state index is -0.442. The standard InChI is InChI=1S/C9H14O2Si.H4Si/c1-10-9(11-2)12-8-6-4-3-5-7-8;/h3-7,9H,12H2,1-2H3;1H4. The van der Waals surface area contributed by atoms with Crippen LogP contribution in [0.25, 0.3) is 0 Å². The monoisotopic (exact) mass is 214 g/mol. The van der Waals surface area contributed by atoms with Gasteiger partial charge in [-0.3, -0.25) is 0 Å². The molecule has 74 valence electrons. The Hall–Kier alpha value is -0.426. The fourth-order valence-electron chi connectivity index (χ4n) is 1.07. The van der Waals surface area contributed by atoms with Gasteiger partial charge in [-0.05, 0) is 11.0 Å². The van der Waals surface area contributed by atoms with Crippen LogP contribution in [0, 0.1) is 0 Å². The van der Waals surface area contributed by atoms with E-state index in [2.05, 4.69) is 12.1 Å². The van der Waals surface area contributed by atoms with Crippen molar-refractivity contribution in [2.45, 2.75) is 5.91 Å². The lowest BCUT2D eigenvalue weighted by molar-refractivity contribution is -0.0429. The first-order chi connectivity index (χ1) is 5.86. The first kappa shape index (κ1) is 12.6. The zero-order valence-electron chi connectivity index (χ0n) is 7.49. The molecule has 1 aromatic rings. The predicted molar refractivity (Wildman–Crippen MR) is 63.8 cm³/mol. The quantitative estimate of drug-likeness (QED) is 0.454. The van der Waals surface area contributed by atoms with Crippen LogP contribution in [0.4, 0.5) is 0 Å². The van der Waals surface area contributed by atoms with Crippen LogP contribution in [0.5, 0.6) is 0 Å². The van der Waals surface area contributed by atoms with Crippen LogP contribution in [-0.4, -0.2) is 40.6 Å². The maximum atomic E-state index is 5.14. The fourth-order valence-corrected chi connectivity index (χ4v) is 2.33. The van der Waals surface area contributed by atoms with Gasteiger partial charge in [-0.2, -0.15) is 0 Å². The average Bonchev–Trinajstić information content (AvgIpc) is 2.16. The van der Waals surface area contributed by atoms with Crippen LogP contribution < -0.4 is 5.19 Å². The molecule has 0 aromatic heterocycles. The number of rotatable bonds is 4. The summed E-state index contributed by atoms with van der Waals surface area (Å²) in [7, 11) is 2.93. The van der Waals surface area contributed by atoms with E-state index < -0.39 is 9.52 Å². The van der Waals surface area contributed by atoms with E-state index in [1.54, 1.807) is 14.2 Å². The lowest BCUT2D eigenvalue weighted by atomic mass is 10.4. The van der Waals surface area contributed by atoms with Gasteiger partial charge in [-0.25, -0.2) is 0 Å². The van der Waals surface area contributed by atoms with Crippen LogP contribution >= 0.6 is 0 Å². The van der Waals surface area contributed by atoms with E-state index in [1.165, 1.54) is 5.19 Å². The largest absolute Gasteiger partial charge is 0.360 e. The van der Waals surface area contributed by atoms with Crippen molar-refractivity contribution in [3.05, 3.63) is 30.3 Å². The van der Waals surface area contributed by atoms with E-state index in [-0.39, 0.29) is 16.9 Å². The molecule has 0 aliphatic heterocycles. The van der Waals surface area contributed by atoms with Crippen molar-refractivity contribution < 1.29 is 9.47 Å². The normalized spacial score (nSPS) is 10.7. The molecule has 0 atom stereocenters. The molecule has 1 aromatic carbocycles. The van der Waals surface area contributed by atoms with Crippen LogP contribution in [0.2, 0.25) is 0 Å². The molecule has 0 heterocycles. The van der Waals surface area contributed by atoms with Crippen LogP contribution in [0.1, 0.15) is 0 Å². The molecule has 13 heavy (non-hydrogen) atoms. The van der Waals surface area contributed by atoms with Gasteiger partial charge in [0.2, 0.25) is 0 Å². The van der Waals surface area contributed by atoms with Gasteiger partial charge < -0.3 is 9.47 Å². The SMILES string of the molecule is COC(OC)[SiH2]c1ccccc1.[SiH4]. The third-order valence-corrected chi connectivity index (χ3v) is 3.71. The summed E-state index contributed by atoms with van der Waals surface area (Å²) in [5.74, 6) is 0.00685.